The van der Waals surface area contributed by atoms with Gasteiger partial charge in [0.1, 0.15) is 0 Å². The van der Waals surface area contributed by atoms with Gasteiger partial charge in [-0.25, -0.2) is 0 Å². The van der Waals surface area contributed by atoms with Crippen LogP contribution in [0.3, 0.4) is 0 Å². The van der Waals surface area contributed by atoms with Gasteiger partial charge in [-0.15, -0.1) is 0 Å². The quantitative estimate of drug-likeness (QED) is 0.730. The summed E-state index contributed by atoms with van der Waals surface area (Å²) in [5.74, 6) is 0.231. The van der Waals surface area contributed by atoms with E-state index < -0.39 is 12.2 Å². The van der Waals surface area contributed by atoms with Crippen LogP contribution in [-0.2, 0) is 0 Å². The van der Waals surface area contributed by atoms with Crippen molar-refractivity contribution in [3.05, 3.63) is 0 Å². The highest BCUT2D eigenvalue weighted by atomic mass is 16.3. The number of hydrogen-bond acceptors (Lipinski definition) is 3. The average Bonchev–Trinajstić information content (AvgIpc) is 2.43. The lowest BCUT2D eigenvalue weighted by Gasteiger charge is -2.35. The van der Waals surface area contributed by atoms with Gasteiger partial charge >= 0.3 is 0 Å². The van der Waals surface area contributed by atoms with E-state index in [1.54, 1.807) is 0 Å². The lowest BCUT2D eigenvalue weighted by molar-refractivity contribution is -0.0110. The Labute approximate surface area is 91.7 Å². The summed E-state index contributed by atoms with van der Waals surface area (Å²) in [5.41, 5.74) is 0.00539. The van der Waals surface area contributed by atoms with Gasteiger partial charge in [0.25, 0.3) is 0 Å². The van der Waals surface area contributed by atoms with E-state index in [1.165, 1.54) is 0 Å². The van der Waals surface area contributed by atoms with Crippen LogP contribution in [0.2, 0.25) is 0 Å². The molecule has 0 aliphatic heterocycles. The van der Waals surface area contributed by atoms with Crippen molar-refractivity contribution in [3.63, 3.8) is 0 Å². The summed E-state index contributed by atoms with van der Waals surface area (Å²) in [5, 5.41) is 28.2. The Kier molecular flexibility index (Phi) is 3.75. The normalized spacial score (nSPS) is 33.7. The van der Waals surface area contributed by atoms with E-state index in [1.807, 2.05) is 0 Å². The maximum Gasteiger partial charge on any atom is 0.0830 e. The van der Waals surface area contributed by atoms with Crippen LogP contribution in [0.1, 0.15) is 40.0 Å². The Morgan fingerprint density at radius 1 is 1.33 bits per heavy atom. The van der Waals surface area contributed by atoms with Crippen LogP contribution in [0.4, 0.5) is 0 Å². The fraction of sp³-hybridized carbons (Fsp3) is 0.917. The molecule has 4 unspecified atom stereocenters. The van der Waals surface area contributed by atoms with E-state index in [9.17, 15) is 10.2 Å². The summed E-state index contributed by atoms with van der Waals surface area (Å²) in [6.07, 6.45) is 0.689. The van der Waals surface area contributed by atoms with Gasteiger partial charge in [-0.1, -0.05) is 20.8 Å². The minimum Gasteiger partial charge on any atom is -0.390 e. The number of aliphatic hydroxyl groups is 2. The summed E-state index contributed by atoms with van der Waals surface area (Å²) >= 11 is 0. The fourth-order valence-electron chi connectivity index (χ4n) is 2.63. The van der Waals surface area contributed by atoms with Gasteiger partial charge in [0.2, 0.25) is 0 Å². The van der Waals surface area contributed by atoms with Gasteiger partial charge in [-0.05, 0) is 30.1 Å². The number of nitriles is 1. The van der Waals surface area contributed by atoms with Crippen LogP contribution in [0, 0.1) is 28.6 Å². The lowest BCUT2D eigenvalue weighted by Crippen LogP contribution is -2.35. The summed E-state index contributed by atoms with van der Waals surface area (Å²) in [4.78, 5) is 0. The Hall–Kier alpha value is -0.590. The molecule has 86 valence electrons. The lowest BCUT2D eigenvalue weighted by atomic mass is 9.70. The highest BCUT2D eigenvalue weighted by molar-refractivity contribution is 4.95. The maximum atomic E-state index is 9.86. The summed E-state index contributed by atoms with van der Waals surface area (Å²) in [6.45, 7) is 6.27. The monoisotopic (exact) mass is 211 g/mol. The van der Waals surface area contributed by atoms with Crippen molar-refractivity contribution in [3.8, 4) is 6.07 Å². The van der Waals surface area contributed by atoms with Crippen molar-refractivity contribution in [2.75, 3.05) is 0 Å². The molecule has 0 aromatic carbocycles. The molecule has 15 heavy (non-hydrogen) atoms. The van der Waals surface area contributed by atoms with E-state index >= 15 is 0 Å². The molecule has 0 aromatic heterocycles. The van der Waals surface area contributed by atoms with E-state index in [0.717, 1.165) is 6.42 Å². The van der Waals surface area contributed by atoms with Gasteiger partial charge in [0, 0.05) is 6.42 Å². The largest absolute Gasteiger partial charge is 0.390 e. The Balaban J connectivity index is 2.78. The molecule has 2 N–H and O–H groups in total. The molecule has 0 spiro atoms. The molecule has 0 heterocycles. The Bertz CT molecular complexity index is 251. The van der Waals surface area contributed by atoms with Crippen molar-refractivity contribution < 1.29 is 10.2 Å². The Morgan fingerprint density at radius 2 is 1.93 bits per heavy atom. The molecule has 0 bridgehead atoms. The van der Waals surface area contributed by atoms with Gasteiger partial charge in [-0.2, -0.15) is 5.26 Å². The first-order valence-electron chi connectivity index (χ1n) is 5.61. The van der Waals surface area contributed by atoms with Crippen LogP contribution in [0.15, 0.2) is 0 Å². The first kappa shape index (κ1) is 12.5. The maximum absolute atomic E-state index is 9.86. The molecule has 3 nitrogen and oxygen atoms in total. The average molecular weight is 211 g/mol. The van der Waals surface area contributed by atoms with Gasteiger partial charge in [-0.3, -0.25) is 0 Å². The second kappa shape index (κ2) is 4.51. The van der Waals surface area contributed by atoms with E-state index in [0.29, 0.717) is 12.8 Å². The third-order valence-electron chi connectivity index (χ3n) is 3.57. The molecular weight excluding hydrogens is 190 g/mol. The third kappa shape index (κ3) is 2.70. The molecule has 0 radical (unpaired) electrons. The van der Waals surface area contributed by atoms with Crippen LogP contribution >= 0.6 is 0 Å². The second-order valence-electron chi connectivity index (χ2n) is 5.63. The SMILES string of the molecule is CC(C)(C)C(CC#N)C1CCC(O)C1O. The molecule has 1 aliphatic carbocycles. The minimum atomic E-state index is -0.650. The molecule has 1 rings (SSSR count). The molecule has 0 aromatic rings. The van der Waals surface area contributed by atoms with Crippen molar-refractivity contribution in [2.24, 2.45) is 17.3 Å². The third-order valence-corrected chi connectivity index (χ3v) is 3.57. The van der Waals surface area contributed by atoms with Crippen molar-refractivity contribution >= 4 is 0 Å². The Morgan fingerprint density at radius 3 is 2.27 bits per heavy atom. The molecule has 1 saturated carbocycles. The molecule has 0 amide bonds. The van der Waals surface area contributed by atoms with Crippen LogP contribution in [0.5, 0.6) is 0 Å². The first-order chi connectivity index (χ1) is 6.88. The number of hydrogen-bond donors (Lipinski definition) is 2. The summed E-state index contributed by atoms with van der Waals surface area (Å²) in [7, 11) is 0. The second-order valence-corrected chi connectivity index (χ2v) is 5.63. The number of rotatable bonds is 2. The van der Waals surface area contributed by atoms with E-state index in [4.69, 9.17) is 5.26 Å². The zero-order valence-corrected chi connectivity index (χ0v) is 9.77. The molecular formula is C12H21NO2. The van der Waals surface area contributed by atoms with Crippen molar-refractivity contribution in [1.29, 1.82) is 5.26 Å². The molecule has 4 atom stereocenters. The summed E-state index contributed by atoms with van der Waals surface area (Å²) in [6, 6.07) is 2.19. The van der Waals surface area contributed by atoms with Crippen molar-refractivity contribution in [1.82, 2.24) is 0 Å². The number of aliphatic hydroxyl groups excluding tert-OH is 2. The van der Waals surface area contributed by atoms with Crippen LogP contribution in [-0.4, -0.2) is 22.4 Å². The van der Waals surface area contributed by atoms with Gasteiger partial charge in [0.15, 0.2) is 0 Å². The first-order valence-corrected chi connectivity index (χ1v) is 5.61. The van der Waals surface area contributed by atoms with Gasteiger partial charge in [0.05, 0.1) is 18.3 Å². The van der Waals surface area contributed by atoms with E-state index in [-0.39, 0.29) is 17.3 Å². The molecule has 0 saturated heterocycles. The van der Waals surface area contributed by atoms with E-state index in [2.05, 4.69) is 26.8 Å². The molecule has 1 aliphatic rings. The molecule has 3 heteroatoms. The fourth-order valence-corrected chi connectivity index (χ4v) is 2.63. The predicted octanol–water partition coefficient (Wildman–Crippen LogP) is 1.69. The van der Waals surface area contributed by atoms with Crippen LogP contribution in [0.25, 0.3) is 0 Å². The predicted molar refractivity (Wildman–Crippen MR) is 57.9 cm³/mol. The summed E-state index contributed by atoms with van der Waals surface area (Å²) < 4.78 is 0. The van der Waals surface area contributed by atoms with Crippen molar-refractivity contribution in [2.45, 2.75) is 52.2 Å². The minimum absolute atomic E-state index is 0.00539. The highest BCUT2D eigenvalue weighted by Crippen LogP contribution is 2.42. The zero-order valence-electron chi connectivity index (χ0n) is 9.77. The highest BCUT2D eigenvalue weighted by Gasteiger charge is 2.42. The standard InChI is InChI=1S/C12H21NO2/c1-12(2,3)9(6-7-13)8-4-5-10(14)11(8)15/h8-11,14-15H,4-6H2,1-3H3. The zero-order chi connectivity index (χ0) is 11.6. The van der Waals surface area contributed by atoms with Crippen LogP contribution < -0.4 is 0 Å². The van der Waals surface area contributed by atoms with Gasteiger partial charge < -0.3 is 10.2 Å². The topological polar surface area (TPSA) is 64.2 Å². The smallest absolute Gasteiger partial charge is 0.0830 e. The molecule has 1 fully saturated rings. The number of nitrogens with zero attached hydrogens (tertiary/aromatic N) is 1.